The molecule has 4 rings (SSSR count). The van der Waals surface area contributed by atoms with Crippen LogP contribution in [-0.2, 0) is 0 Å². The smallest absolute Gasteiger partial charge is 0.00453 e. The van der Waals surface area contributed by atoms with Gasteiger partial charge >= 0.3 is 0 Å². The average Bonchev–Trinajstić information content (AvgIpc) is 3.41. The molecule has 4 aliphatic carbocycles. The molecule has 2 fully saturated rings. The number of hydrogen-bond acceptors (Lipinski definition) is 0. The quantitative estimate of drug-likeness (QED) is 0.470. The first kappa shape index (κ1) is 16.0. The van der Waals surface area contributed by atoms with Gasteiger partial charge in [0.15, 0.2) is 0 Å². The van der Waals surface area contributed by atoms with Gasteiger partial charge in [0.2, 0.25) is 0 Å². The van der Waals surface area contributed by atoms with Crippen molar-refractivity contribution in [1.29, 1.82) is 0 Å². The molecule has 128 valence electrons. The van der Waals surface area contributed by atoms with Crippen LogP contribution in [0.15, 0.2) is 23.8 Å². The van der Waals surface area contributed by atoms with Crippen LogP contribution in [0.2, 0.25) is 0 Å². The lowest BCUT2D eigenvalue weighted by atomic mass is 9.61. The zero-order chi connectivity index (χ0) is 15.5. The first-order valence-electron chi connectivity index (χ1n) is 10.7. The van der Waals surface area contributed by atoms with Crippen LogP contribution in [0, 0.1) is 23.2 Å². The Morgan fingerprint density at radius 2 is 1.70 bits per heavy atom. The molecule has 0 heteroatoms. The Bertz CT molecular complexity index is 447. The van der Waals surface area contributed by atoms with Crippen LogP contribution in [0.4, 0.5) is 0 Å². The Kier molecular flexibility index (Phi) is 4.97. The molecule has 0 spiro atoms. The van der Waals surface area contributed by atoms with E-state index in [4.69, 9.17) is 0 Å². The minimum Gasteiger partial charge on any atom is -0.0885 e. The topological polar surface area (TPSA) is 0 Å². The normalized spacial score (nSPS) is 36.0. The molecule has 0 bridgehead atoms. The van der Waals surface area contributed by atoms with Crippen LogP contribution < -0.4 is 0 Å². The third-order valence-corrected chi connectivity index (χ3v) is 7.36. The number of hydrogen-bond donors (Lipinski definition) is 0. The summed E-state index contributed by atoms with van der Waals surface area (Å²) < 4.78 is 0. The first-order chi connectivity index (χ1) is 11.4. The van der Waals surface area contributed by atoms with Gasteiger partial charge in [0.05, 0.1) is 0 Å². The highest BCUT2D eigenvalue weighted by atomic mass is 14.5. The fourth-order valence-corrected chi connectivity index (χ4v) is 5.99. The summed E-state index contributed by atoms with van der Waals surface area (Å²) in [6, 6.07) is 0. The summed E-state index contributed by atoms with van der Waals surface area (Å²) in [7, 11) is 0. The molecule has 0 aliphatic heterocycles. The molecule has 0 N–H and O–H groups in total. The fourth-order valence-electron chi connectivity index (χ4n) is 5.99. The standard InChI is InChI=1S/C23H36/c1-3-9-19(10-4-1)17-21-11-5-6-12-22(21)23(18-20-13-14-20)15-7-2-8-16-23/h2,7,12,19-21H,1,3-6,8-11,13-18H2. The second-order valence-corrected chi connectivity index (χ2v) is 9.17. The van der Waals surface area contributed by atoms with E-state index in [1.165, 1.54) is 96.3 Å². The fraction of sp³-hybridized carbons (Fsp3) is 0.826. The Labute approximate surface area is 143 Å². The molecule has 2 unspecified atom stereocenters. The highest BCUT2D eigenvalue weighted by molar-refractivity contribution is 5.24. The number of rotatable bonds is 5. The van der Waals surface area contributed by atoms with Crippen molar-refractivity contribution in [2.24, 2.45) is 23.2 Å². The van der Waals surface area contributed by atoms with Gasteiger partial charge in [0, 0.05) is 0 Å². The summed E-state index contributed by atoms with van der Waals surface area (Å²) in [5.74, 6) is 3.06. The maximum absolute atomic E-state index is 2.73. The van der Waals surface area contributed by atoms with Crippen molar-refractivity contribution in [3.05, 3.63) is 23.8 Å². The van der Waals surface area contributed by atoms with Crippen molar-refractivity contribution in [2.45, 2.75) is 96.3 Å². The van der Waals surface area contributed by atoms with Gasteiger partial charge in [0.25, 0.3) is 0 Å². The largest absolute Gasteiger partial charge is 0.0885 e. The highest BCUT2D eigenvalue weighted by Crippen LogP contribution is 2.55. The van der Waals surface area contributed by atoms with Crippen molar-refractivity contribution < 1.29 is 0 Å². The van der Waals surface area contributed by atoms with Gasteiger partial charge in [-0.15, -0.1) is 0 Å². The summed E-state index contributed by atoms with van der Waals surface area (Å²) >= 11 is 0. The second kappa shape index (κ2) is 7.16. The van der Waals surface area contributed by atoms with Crippen LogP contribution in [0.1, 0.15) is 96.3 Å². The molecule has 23 heavy (non-hydrogen) atoms. The van der Waals surface area contributed by atoms with Crippen molar-refractivity contribution in [3.8, 4) is 0 Å². The zero-order valence-electron chi connectivity index (χ0n) is 15.1. The van der Waals surface area contributed by atoms with Gasteiger partial charge < -0.3 is 0 Å². The summed E-state index contributed by atoms with van der Waals surface area (Å²) in [6.07, 6.45) is 29.8. The Morgan fingerprint density at radius 1 is 0.826 bits per heavy atom. The lowest BCUT2D eigenvalue weighted by Crippen LogP contribution is -2.32. The van der Waals surface area contributed by atoms with Crippen LogP contribution in [0.5, 0.6) is 0 Å². The molecule has 0 aromatic heterocycles. The molecule has 2 atom stereocenters. The van der Waals surface area contributed by atoms with Crippen LogP contribution >= 0.6 is 0 Å². The van der Waals surface area contributed by atoms with E-state index in [1.807, 2.05) is 5.57 Å². The van der Waals surface area contributed by atoms with E-state index >= 15 is 0 Å². The summed E-state index contributed by atoms with van der Waals surface area (Å²) in [4.78, 5) is 0. The van der Waals surface area contributed by atoms with Gasteiger partial charge in [-0.1, -0.05) is 68.7 Å². The molecule has 2 saturated carbocycles. The third-order valence-electron chi connectivity index (χ3n) is 7.36. The van der Waals surface area contributed by atoms with E-state index in [9.17, 15) is 0 Å². The highest BCUT2D eigenvalue weighted by Gasteiger charge is 2.42. The van der Waals surface area contributed by atoms with Crippen molar-refractivity contribution in [1.82, 2.24) is 0 Å². The van der Waals surface area contributed by atoms with E-state index in [-0.39, 0.29) is 0 Å². The van der Waals surface area contributed by atoms with E-state index in [1.54, 1.807) is 0 Å². The summed E-state index contributed by atoms with van der Waals surface area (Å²) in [5.41, 5.74) is 2.53. The van der Waals surface area contributed by atoms with E-state index in [0.29, 0.717) is 5.41 Å². The molecule has 0 amide bonds. The van der Waals surface area contributed by atoms with Gasteiger partial charge in [-0.05, 0) is 74.5 Å². The molecule has 0 heterocycles. The molecule has 0 aromatic carbocycles. The molecule has 4 aliphatic rings. The molecular weight excluding hydrogens is 276 g/mol. The monoisotopic (exact) mass is 312 g/mol. The Balaban J connectivity index is 1.52. The van der Waals surface area contributed by atoms with Crippen LogP contribution in [-0.4, -0.2) is 0 Å². The maximum atomic E-state index is 2.73. The lowest BCUT2D eigenvalue weighted by Gasteiger charge is -2.44. The Morgan fingerprint density at radius 3 is 2.43 bits per heavy atom. The molecule has 0 radical (unpaired) electrons. The molecule has 0 nitrogen and oxygen atoms in total. The maximum Gasteiger partial charge on any atom is -0.00453 e. The van der Waals surface area contributed by atoms with Crippen molar-refractivity contribution >= 4 is 0 Å². The number of allylic oxidation sites excluding steroid dienone is 4. The van der Waals surface area contributed by atoms with Crippen molar-refractivity contribution in [3.63, 3.8) is 0 Å². The van der Waals surface area contributed by atoms with Crippen LogP contribution in [0.3, 0.4) is 0 Å². The van der Waals surface area contributed by atoms with E-state index in [0.717, 1.165) is 17.8 Å². The van der Waals surface area contributed by atoms with Gasteiger partial charge in [0.1, 0.15) is 0 Å². The minimum atomic E-state index is 0.579. The van der Waals surface area contributed by atoms with Gasteiger partial charge in [-0.2, -0.15) is 0 Å². The summed E-state index contributed by atoms with van der Waals surface area (Å²) in [6.45, 7) is 0. The van der Waals surface area contributed by atoms with Gasteiger partial charge in [-0.25, -0.2) is 0 Å². The second-order valence-electron chi connectivity index (χ2n) is 9.17. The molecule has 0 aromatic rings. The van der Waals surface area contributed by atoms with Gasteiger partial charge in [-0.3, -0.25) is 0 Å². The molecular formula is C23H36. The van der Waals surface area contributed by atoms with Crippen LogP contribution in [0.25, 0.3) is 0 Å². The average molecular weight is 313 g/mol. The van der Waals surface area contributed by atoms with Crippen molar-refractivity contribution in [2.75, 3.05) is 0 Å². The Hall–Kier alpha value is -0.520. The third kappa shape index (κ3) is 3.77. The zero-order valence-corrected chi connectivity index (χ0v) is 15.1. The minimum absolute atomic E-state index is 0.579. The predicted molar refractivity (Wildman–Crippen MR) is 99.4 cm³/mol. The predicted octanol–water partition coefficient (Wildman–Crippen LogP) is 7.21. The lowest BCUT2D eigenvalue weighted by molar-refractivity contribution is 0.212. The SMILES string of the molecule is C1=CCC(CC2CC2)(C2=CCCCC2CC2CCCCC2)CC1. The van der Waals surface area contributed by atoms with E-state index < -0.39 is 0 Å². The summed E-state index contributed by atoms with van der Waals surface area (Å²) in [5, 5.41) is 0. The van der Waals surface area contributed by atoms with E-state index in [2.05, 4.69) is 18.2 Å². The first-order valence-corrected chi connectivity index (χ1v) is 10.7. The molecule has 0 saturated heterocycles.